The summed E-state index contributed by atoms with van der Waals surface area (Å²) in [5.41, 5.74) is 4.33. The van der Waals surface area contributed by atoms with Gasteiger partial charge in [-0.3, -0.25) is 0 Å². The van der Waals surface area contributed by atoms with Crippen LogP contribution in [0, 0.1) is 57.8 Å². The minimum absolute atomic E-state index is 0. The summed E-state index contributed by atoms with van der Waals surface area (Å²) in [6.45, 7) is 46.9. The fourth-order valence-electron chi connectivity index (χ4n) is 6.04. The molecule has 0 N–H and O–H groups in total. The van der Waals surface area contributed by atoms with Crippen molar-refractivity contribution in [1.29, 1.82) is 0 Å². The van der Waals surface area contributed by atoms with Crippen LogP contribution in [0.4, 0.5) is 0 Å². The molecule has 0 heterocycles. The minimum atomic E-state index is 0. The second-order valence-corrected chi connectivity index (χ2v) is 34.2. The van der Waals surface area contributed by atoms with Crippen molar-refractivity contribution >= 4 is 84.8 Å². The van der Waals surface area contributed by atoms with Crippen molar-refractivity contribution < 1.29 is 63.2 Å². The van der Waals surface area contributed by atoms with Crippen LogP contribution < -0.4 is 0 Å². The van der Waals surface area contributed by atoms with Crippen LogP contribution in [0.5, 0.6) is 0 Å². The zero-order valence-electron chi connectivity index (χ0n) is 44.7. The van der Waals surface area contributed by atoms with Gasteiger partial charge in [0.05, 0.1) is 55.5 Å². The van der Waals surface area contributed by atoms with Crippen LogP contribution in [0.1, 0.15) is 158 Å². The summed E-state index contributed by atoms with van der Waals surface area (Å²) in [6, 6.07) is 0. The van der Waals surface area contributed by atoms with Gasteiger partial charge in [-0.1, -0.05) is 62.3 Å². The molecule has 0 aliphatic rings. The smallest absolute Gasteiger partial charge is 0 e. The molecular weight excluding hydrogens is 1490 g/mol. The Morgan fingerprint density at radius 2 is 0.571 bits per heavy atom. The first kappa shape index (κ1) is 96.2. The predicted molar refractivity (Wildman–Crippen MR) is 317 cm³/mol. The first-order chi connectivity index (χ1) is 27.2. The summed E-state index contributed by atoms with van der Waals surface area (Å²) >= 11 is 0. The molecule has 0 fully saturated rings. The van der Waals surface area contributed by atoms with Crippen LogP contribution in [0.2, 0.25) is 0 Å². The second kappa shape index (κ2) is 74.6. The number of benzene rings is 1. The Bertz CT molecular complexity index is 891. The molecular formula is C51H105Cl3P6Pt3+3. The maximum atomic E-state index is 7.21. The van der Waals surface area contributed by atoms with Crippen molar-refractivity contribution in [3.05, 3.63) is 52.7 Å². The molecule has 387 valence electrons. The zero-order chi connectivity index (χ0) is 45.8. The molecule has 0 aliphatic carbocycles. The molecule has 1 rings (SSSR count). The fourth-order valence-corrected chi connectivity index (χ4v) is 14.6. The van der Waals surface area contributed by atoms with Crippen LogP contribution in [-0.2, 0) is 63.2 Å². The Hall–Kier alpha value is 3.63. The van der Waals surface area contributed by atoms with E-state index in [-0.39, 0.29) is 124 Å². The van der Waals surface area contributed by atoms with Gasteiger partial charge in [0.25, 0.3) is 0 Å². The van der Waals surface area contributed by atoms with Gasteiger partial charge in [-0.15, -0.1) is 61.0 Å². The van der Waals surface area contributed by atoms with Crippen molar-refractivity contribution in [2.45, 2.75) is 145 Å². The molecule has 1 aromatic carbocycles. The zero-order valence-corrected chi connectivity index (χ0v) is 59.7. The molecule has 0 aliphatic heterocycles. The Morgan fingerprint density at radius 1 is 0.397 bits per heavy atom. The predicted octanol–water partition coefficient (Wildman–Crippen LogP) is 18.0. The van der Waals surface area contributed by atoms with Gasteiger partial charge >= 0.3 is 91.2 Å². The molecule has 0 unspecified atom stereocenters. The number of hydrogen-bond acceptors (Lipinski definition) is 0. The monoisotopic (exact) mass is 1590 g/mol. The van der Waals surface area contributed by atoms with Crippen molar-refractivity contribution in [3.63, 3.8) is 0 Å². The summed E-state index contributed by atoms with van der Waals surface area (Å²) in [5, 5.41) is 0. The molecule has 1 aromatic rings. The Balaban J connectivity index is -0.0000000487. The van der Waals surface area contributed by atoms with Gasteiger partial charge < -0.3 is 0 Å². The third-order valence-electron chi connectivity index (χ3n) is 11.1. The van der Waals surface area contributed by atoms with Crippen molar-refractivity contribution in [2.24, 2.45) is 0 Å². The molecule has 0 amide bonds. The molecule has 12 heteroatoms. The van der Waals surface area contributed by atoms with Crippen LogP contribution in [0.15, 0.2) is 0 Å². The maximum Gasteiger partial charge on any atom is 0 e. The first-order valence-corrected chi connectivity index (χ1v) is 35.3. The largest absolute Gasteiger partial charge is 0 e. The van der Waals surface area contributed by atoms with Gasteiger partial charge in [0.15, 0.2) is 0 Å². The van der Waals surface area contributed by atoms with E-state index < -0.39 is 0 Å². The third kappa shape index (κ3) is 54.8. The van der Waals surface area contributed by atoms with Crippen LogP contribution in [0.25, 0.3) is 0 Å². The summed E-state index contributed by atoms with van der Waals surface area (Å²) in [7, 11) is 1.75. The third-order valence-corrected chi connectivity index (χ3v) is 28.2. The minimum Gasteiger partial charge on any atom is 0 e. The molecule has 0 aromatic heterocycles. The van der Waals surface area contributed by atoms with Gasteiger partial charge in [-0.05, 0) is 142 Å². The second-order valence-electron chi connectivity index (χ2n) is 13.7. The number of hydrogen-bond donors (Lipinski definition) is 0. The van der Waals surface area contributed by atoms with E-state index in [0.717, 1.165) is 16.7 Å². The molecule has 0 nitrogen and oxygen atoms in total. The SMILES string of the molecule is CCP(CC)CC.CCP(CC)CC.CCP(CC)CC.CC[PH+](CC)CC.CC[PH+](CC)CC.CC[PH+](CC)CC.Cl.Cl.Cl.[C]#Cc1c(C)c(C#[C+])c(C)c(C#[C-])c1C.[Pt].[Pt].[Pt]. The van der Waals surface area contributed by atoms with Gasteiger partial charge in [0.1, 0.15) is 0 Å². The molecule has 0 saturated carbocycles. The summed E-state index contributed by atoms with van der Waals surface area (Å²) in [6.07, 6.45) is 47.5. The molecule has 0 spiro atoms. The van der Waals surface area contributed by atoms with Gasteiger partial charge in [-0.25, -0.2) is 0 Å². The van der Waals surface area contributed by atoms with E-state index in [1.165, 1.54) is 111 Å². The molecule has 0 bridgehead atoms. The standard InChI is InChI=1S/C15H9.6C6H15P.3ClH.3Pt/c1-7-13-10(4)14(8-2)12(6)15(9-3)11(13)5;6*1-4-7(5-2)6-3;;;;;;/h4-6H3;6*4-6H2,1-3H3;3*1H;;;/p+3. The van der Waals surface area contributed by atoms with E-state index >= 15 is 0 Å². The van der Waals surface area contributed by atoms with Crippen LogP contribution in [-0.4, -0.2) is 111 Å². The van der Waals surface area contributed by atoms with Crippen LogP contribution in [0.3, 0.4) is 0 Å². The van der Waals surface area contributed by atoms with Crippen molar-refractivity contribution in [1.82, 2.24) is 0 Å². The molecule has 0 atom stereocenters. The molecule has 63 heavy (non-hydrogen) atoms. The van der Waals surface area contributed by atoms with E-state index in [1.807, 2.05) is 20.8 Å². The first-order valence-electron chi connectivity index (χ1n) is 23.3. The van der Waals surface area contributed by atoms with Gasteiger partial charge in [-0.2, -0.15) is 0 Å². The van der Waals surface area contributed by atoms with E-state index in [9.17, 15) is 0 Å². The topological polar surface area (TPSA) is 0 Å². The summed E-state index contributed by atoms with van der Waals surface area (Å²) in [5.74, 6) is 7.03. The van der Waals surface area contributed by atoms with E-state index in [2.05, 4.69) is 142 Å². The maximum absolute atomic E-state index is 7.21. The number of rotatable bonds is 18. The van der Waals surface area contributed by atoms with Gasteiger partial charge in [0, 0.05) is 63.2 Å². The van der Waals surface area contributed by atoms with Crippen molar-refractivity contribution in [2.75, 3.05) is 111 Å². The fraction of sp³-hybridized carbons (Fsp3) is 0.765. The normalized spacial score (nSPS) is 9.00. The Labute approximate surface area is 470 Å². The Morgan fingerprint density at radius 3 is 0.667 bits per heavy atom. The van der Waals surface area contributed by atoms with Crippen LogP contribution >= 0.6 is 84.8 Å². The van der Waals surface area contributed by atoms with E-state index in [4.69, 9.17) is 19.3 Å². The van der Waals surface area contributed by atoms with E-state index in [0.29, 0.717) is 40.5 Å². The average molecular weight is 1600 g/mol. The quantitative estimate of drug-likeness (QED) is 0.0781. The van der Waals surface area contributed by atoms with E-state index in [1.54, 1.807) is 0 Å². The summed E-state index contributed by atoms with van der Waals surface area (Å²) in [4.78, 5) is 0. The van der Waals surface area contributed by atoms with Gasteiger partial charge in [0.2, 0.25) is 0 Å². The number of halogens is 3. The molecule has 0 saturated heterocycles. The summed E-state index contributed by atoms with van der Waals surface area (Å²) < 4.78 is 0. The Kier molecular flexibility index (Phi) is 114. The van der Waals surface area contributed by atoms with Crippen molar-refractivity contribution in [3.8, 4) is 17.8 Å². The molecule has 1 radical (unpaired) electrons. The average Bonchev–Trinajstić information content (AvgIpc) is 3.24.